The zero-order valence-electron chi connectivity index (χ0n) is 19.7. The molecule has 1 N–H and O–H groups in total. The summed E-state index contributed by atoms with van der Waals surface area (Å²) in [7, 11) is 1.42. The van der Waals surface area contributed by atoms with Crippen LogP contribution in [0.2, 0.25) is 0 Å². The second-order valence-electron chi connectivity index (χ2n) is 8.05. The predicted octanol–water partition coefficient (Wildman–Crippen LogP) is 2.82. The van der Waals surface area contributed by atoms with E-state index in [1.807, 2.05) is 0 Å². The first-order chi connectivity index (χ1) is 16.8. The fourth-order valence-electron chi connectivity index (χ4n) is 4.01. The van der Waals surface area contributed by atoms with E-state index in [9.17, 15) is 19.5 Å². The number of amides is 2. The van der Waals surface area contributed by atoms with Crippen LogP contribution >= 0.6 is 0 Å². The molecule has 10 heteroatoms. The molecule has 0 radical (unpaired) electrons. The summed E-state index contributed by atoms with van der Waals surface area (Å²) in [6, 6.07) is 2.24. The van der Waals surface area contributed by atoms with Crippen molar-refractivity contribution in [3.63, 3.8) is 0 Å². The SMILES string of the molecule is C=CCOC(=O)CCCOc1cc2c(cc1OC)C(=O)N1CC(=C)C[C@H]1C(O)N2C(=O)OCC=C. The standard InChI is InChI=1S/C25H30N2O8/c1-5-9-34-22(28)8-7-11-33-21-14-18-17(13-20(21)32-4)23(29)26-15-16(3)12-19(26)24(30)27(18)25(31)35-10-6-2/h5-6,13-14,19,24,30H,1-3,7-12,15H2,4H3/t19-,24?/m0/s1. The number of benzene rings is 1. The molecule has 2 atom stereocenters. The second-order valence-corrected chi connectivity index (χ2v) is 8.05. The van der Waals surface area contributed by atoms with Crippen LogP contribution in [-0.2, 0) is 14.3 Å². The highest BCUT2D eigenvalue weighted by atomic mass is 16.6. The van der Waals surface area contributed by atoms with Crippen LogP contribution in [0.15, 0.2) is 49.6 Å². The predicted molar refractivity (Wildman–Crippen MR) is 127 cm³/mol. The van der Waals surface area contributed by atoms with Gasteiger partial charge in [0, 0.05) is 19.0 Å². The van der Waals surface area contributed by atoms with E-state index in [0.29, 0.717) is 12.8 Å². The van der Waals surface area contributed by atoms with Gasteiger partial charge in [-0.15, -0.1) is 0 Å². The van der Waals surface area contributed by atoms with Gasteiger partial charge in [-0.05, 0) is 18.9 Å². The Balaban J connectivity index is 1.93. The van der Waals surface area contributed by atoms with Crippen molar-refractivity contribution in [2.24, 2.45) is 0 Å². The summed E-state index contributed by atoms with van der Waals surface area (Å²) in [6.07, 6.45) is 1.51. The largest absolute Gasteiger partial charge is 0.493 e. The lowest BCUT2D eigenvalue weighted by molar-refractivity contribution is -0.142. The number of hydrogen-bond donors (Lipinski definition) is 1. The average molecular weight is 487 g/mol. The Kier molecular flexibility index (Phi) is 8.53. The average Bonchev–Trinajstić information content (AvgIpc) is 3.22. The van der Waals surface area contributed by atoms with E-state index in [-0.39, 0.29) is 67.4 Å². The Morgan fingerprint density at radius 3 is 2.57 bits per heavy atom. The molecular weight excluding hydrogens is 456 g/mol. The van der Waals surface area contributed by atoms with Crippen molar-refractivity contribution in [2.75, 3.05) is 38.4 Å². The molecule has 1 aromatic rings. The number of esters is 1. The number of rotatable bonds is 10. The topological polar surface area (TPSA) is 115 Å². The van der Waals surface area contributed by atoms with Crippen LogP contribution < -0.4 is 14.4 Å². The lowest BCUT2D eigenvalue weighted by Gasteiger charge is -2.31. The fraction of sp³-hybridized carbons (Fsp3) is 0.400. The van der Waals surface area contributed by atoms with Gasteiger partial charge in [-0.2, -0.15) is 0 Å². The Bertz CT molecular complexity index is 1020. The van der Waals surface area contributed by atoms with Crippen LogP contribution in [0.4, 0.5) is 10.5 Å². The number of hydrogen-bond acceptors (Lipinski definition) is 8. The first kappa shape index (κ1) is 25.8. The van der Waals surface area contributed by atoms with Crippen LogP contribution in [0, 0.1) is 0 Å². The second kappa shape index (κ2) is 11.6. The number of aliphatic hydroxyl groups is 1. The molecule has 35 heavy (non-hydrogen) atoms. The molecule has 1 fully saturated rings. The molecule has 2 amide bonds. The van der Waals surface area contributed by atoms with Gasteiger partial charge in [-0.25, -0.2) is 9.69 Å². The molecule has 2 aliphatic rings. The molecule has 1 saturated heterocycles. The maximum atomic E-state index is 13.4. The van der Waals surface area contributed by atoms with Gasteiger partial charge in [0.05, 0.1) is 31.0 Å². The van der Waals surface area contributed by atoms with Gasteiger partial charge in [0.25, 0.3) is 5.91 Å². The Morgan fingerprint density at radius 1 is 1.17 bits per heavy atom. The minimum absolute atomic E-state index is 0.0755. The maximum absolute atomic E-state index is 13.4. The van der Waals surface area contributed by atoms with E-state index in [0.717, 1.165) is 10.5 Å². The number of nitrogens with zero attached hydrogens (tertiary/aromatic N) is 2. The third-order valence-corrected chi connectivity index (χ3v) is 5.60. The van der Waals surface area contributed by atoms with Gasteiger partial charge in [-0.3, -0.25) is 9.59 Å². The Hall–Kier alpha value is -3.79. The van der Waals surface area contributed by atoms with Gasteiger partial charge < -0.3 is 29.0 Å². The minimum atomic E-state index is -1.38. The van der Waals surface area contributed by atoms with Gasteiger partial charge in [0.2, 0.25) is 0 Å². The summed E-state index contributed by atoms with van der Waals surface area (Å²) in [5.74, 6) is -0.263. The Morgan fingerprint density at radius 2 is 1.89 bits per heavy atom. The Labute approximate surface area is 204 Å². The van der Waals surface area contributed by atoms with Gasteiger partial charge in [0.15, 0.2) is 17.7 Å². The summed E-state index contributed by atoms with van der Waals surface area (Å²) in [5, 5.41) is 11.2. The lowest BCUT2D eigenvalue weighted by atomic mass is 10.1. The molecule has 2 aliphatic heterocycles. The van der Waals surface area contributed by atoms with Crippen molar-refractivity contribution in [1.29, 1.82) is 0 Å². The van der Waals surface area contributed by atoms with Gasteiger partial charge >= 0.3 is 12.1 Å². The molecule has 1 unspecified atom stereocenters. The van der Waals surface area contributed by atoms with Crippen molar-refractivity contribution in [3.05, 3.63) is 55.2 Å². The molecule has 188 valence electrons. The van der Waals surface area contributed by atoms with E-state index in [2.05, 4.69) is 19.7 Å². The number of carbonyl (C=O) groups excluding carboxylic acids is 3. The molecule has 0 saturated carbocycles. The summed E-state index contributed by atoms with van der Waals surface area (Å²) in [6.45, 7) is 11.4. The van der Waals surface area contributed by atoms with Crippen LogP contribution in [0.3, 0.4) is 0 Å². The molecule has 0 bridgehead atoms. The third kappa shape index (κ3) is 5.65. The summed E-state index contributed by atoms with van der Waals surface area (Å²) in [5.41, 5.74) is 1.04. The van der Waals surface area contributed by atoms with Gasteiger partial charge in [-0.1, -0.05) is 37.5 Å². The highest BCUT2D eigenvalue weighted by Gasteiger charge is 2.46. The smallest absolute Gasteiger partial charge is 0.416 e. The fourth-order valence-corrected chi connectivity index (χ4v) is 4.01. The number of carbonyl (C=O) groups is 3. The third-order valence-electron chi connectivity index (χ3n) is 5.60. The molecule has 1 aromatic carbocycles. The highest BCUT2D eigenvalue weighted by Crippen LogP contribution is 2.41. The molecule has 0 aromatic heterocycles. The van der Waals surface area contributed by atoms with Crippen molar-refractivity contribution >= 4 is 23.7 Å². The summed E-state index contributed by atoms with van der Waals surface area (Å²) in [4.78, 5) is 40.6. The number of anilines is 1. The summed E-state index contributed by atoms with van der Waals surface area (Å²) < 4.78 is 21.4. The number of methoxy groups -OCH3 is 1. The molecule has 0 spiro atoms. The monoisotopic (exact) mass is 486 g/mol. The minimum Gasteiger partial charge on any atom is -0.493 e. The molecule has 2 heterocycles. The van der Waals surface area contributed by atoms with Gasteiger partial charge in [0.1, 0.15) is 13.2 Å². The lowest BCUT2D eigenvalue weighted by Crippen LogP contribution is -2.50. The van der Waals surface area contributed by atoms with Crippen molar-refractivity contribution in [1.82, 2.24) is 4.90 Å². The van der Waals surface area contributed by atoms with Crippen molar-refractivity contribution in [3.8, 4) is 11.5 Å². The number of ether oxygens (including phenoxy) is 4. The van der Waals surface area contributed by atoms with Crippen LogP contribution in [0.1, 0.15) is 29.6 Å². The zero-order valence-corrected chi connectivity index (χ0v) is 19.7. The number of fused-ring (bicyclic) bond motifs is 2. The zero-order chi connectivity index (χ0) is 25.5. The van der Waals surface area contributed by atoms with Crippen LogP contribution in [0.25, 0.3) is 0 Å². The van der Waals surface area contributed by atoms with E-state index in [4.69, 9.17) is 18.9 Å². The maximum Gasteiger partial charge on any atom is 0.416 e. The highest BCUT2D eigenvalue weighted by molar-refractivity contribution is 6.06. The van der Waals surface area contributed by atoms with Crippen molar-refractivity contribution in [2.45, 2.75) is 31.5 Å². The van der Waals surface area contributed by atoms with E-state index >= 15 is 0 Å². The molecule has 10 nitrogen and oxygen atoms in total. The normalized spacial score (nSPS) is 18.8. The van der Waals surface area contributed by atoms with Crippen LogP contribution in [-0.4, -0.2) is 73.7 Å². The van der Waals surface area contributed by atoms with E-state index < -0.39 is 18.4 Å². The summed E-state index contributed by atoms with van der Waals surface area (Å²) >= 11 is 0. The molecule has 3 rings (SSSR count). The van der Waals surface area contributed by atoms with Crippen LogP contribution in [0.5, 0.6) is 11.5 Å². The van der Waals surface area contributed by atoms with Crippen molar-refractivity contribution < 1.29 is 38.4 Å². The van der Waals surface area contributed by atoms with E-state index in [1.165, 1.54) is 36.3 Å². The van der Waals surface area contributed by atoms with E-state index in [1.54, 1.807) is 0 Å². The first-order valence-corrected chi connectivity index (χ1v) is 11.2. The number of aliphatic hydroxyl groups excluding tert-OH is 1. The first-order valence-electron chi connectivity index (χ1n) is 11.2. The molecule has 0 aliphatic carbocycles. The molecular formula is C25H30N2O8. The quantitative estimate of drug-likeness (QED) is 0.305.